The van der Waals surface area contributed by atoms with E-state index in [1.165, 1.54) is 18.4 Å². The first-order valence-electron chi connectivity index (χ1n) is 9.82. The molecule has 0 aliphatic carbocycles. The van der Waals surface area contributed by atoms with Crippen molar-refractivity contribution in [2.24, 2.45) is 4.99 Å². The van der Waals surface area contributed by atoms with Gasteiger partial charge in [-0.2, -0.15) is 4.98 Å². The molecule has 152 valence electrons. The van der Waals surface area contributed by atoms with Crippen molar-refractivity contribution in [3.8, 4) is 5.75 Å². The van der Waals surface area contributed by atoms with Crippen molar-refractivity contribution in [3.63, 3.8) is 0 Å². The maximum atomic E-state index is 5.61. The Hall–Kier alpha value is -2.61. The third-order valence-corrected chi connectivity index (χ3v) is 4.97. The van der Waals surface area contributed by atoms with Gasteiger partial charge in [-0.15, -0.1) is 0 Å². The summed E-state index contributed by atoms with van der Waals surface area (Å²) in [6, 6.07) is 8.49. The van der Waals surface area contributed by atoms with Gasteiger partial charge in [0.1, 0.15) is 5.75 Å². The molecule has 0 saturated carbocycles. The minimum absolute atomic E-state index is 0.232. The van der Waals surface area contributed by atoms with Gasteiger partial charge in [-0.1, -0.05) is 23.4 Å². The van der Waals surface area contributed by atoms with Gasteiger partial charge in [0, 0.05) is 32.1 Å². The maximum absolute atomic E-state index is 5.61. The van der Waals surface area contributed by atoms with E-state index in [0.29, 0.717) is 24.7 Å². The molecule has 3 rings (SSSR count). The number of methoxy groups -OCH3 is 1. The summed E-state index contributed by atoms with van der Waals surface area (Å²) in [5.41, 5.74) is 1.20. The Morgan fingerprint density at radius 3 is 2.75 bits per heavy atom. The average Bonchev–Trinajstić information content (AvgIpc) is 3.39. The van der Waals surface area contributed by atoms with Crippen molar-refractivity contribution >= 4 is 5.96 Å². The number of nitrogens with zero attached hydrogens (tertiary/aromatic N) is 4. The number of hydrogen-bond donors (Lipinski definition) is 2. The number of hydrogen-bond acceptors (Lipinski definition) is 6. The molecule has 2 N–H and O–H groups in total. The molecule has 2 heterocycles. The van der Waals surface area contributed by atoms with Crippen LogP contribution in [-0.4, -0.2) is 61.3 Å². The summed E-state index contributed by atoms with van der Waals surface area (Å²) >= 11 is 0. The molecule has 1 aliphatic heterocycles. The zero-order valence-electron chi connectivity index (χ0n) is 16.9. The van der Waals surface area contributed by atoms with Crippen molar-refractivity contribution < 1.29 is 9.26 Å². The molecule has 1 atom stereocenters. The lowest BCUT2D eigenvalue weighted by atomic mass is 10.0. The minimum Gasteiger partial charge on any atom is -0.496 e. The highest BCUT2D eigenvalue weighted by Crippen LogP contribution is 2.31. The van der Waals surface area contributed by atoms with E-state index >= 15 is 0 Å². The van der Waals surface area contributed by atoms with E-state index < -0.39 is 0 Å². The van der Waals surface area contributed by atoms with Crippen LogP contribution in [0.5, 0.6) is 5.75 Å². The Balaban J connectivity index is 1.60. The molecule has 2 aromatic rings. The van der Waals surface area contributed by atoms with Gasteiger partial charge in [-0.05, 0) is 38.9 Å². The molecule has 28 heavy (non-hydrogen) atoms. The Kier molecular flexibility index (Phi) is 7.25. The van der Waals surface area contributed by atoms with Crippen molar-refractivity contribution in [3.05, 3.63) is 41.5 Å². The summed E-state index contributed by atoms with van der Waals surface area (Å²) in [5.74, 6) is 2.97. The van der Waals surface area contributed by atoms with Gasteiger partial charge >= 0.3 is 0 Å². The lowest BCUT2D eigenvalue weighted by Crippen LogP contribution is -2.43. The van der Waals surface area contributed by atoms with Crippen LogP contribution in [-0.2, 0) is 6.42 Å². The fraction of sp³-hybridized carbons (Fsp3) is 0.550. The van der Waals surface area contributed by atoms with Crippen LogP contribution in [0.1, 0.15) is 36.2 Å². The summed E-state index contributed by atoms with van der Waals surface area (Å²) in [4.78, 5) is 11.1. The fourth-order valence-electron chi connectivity index (χ4n) is 3.57. The SMILES string of the molecule is CN=C(NCCc1nc(C)no1)NCC(c1ccccc1OC)N1CCCC1. The summed E-state index contributed by atoms with van der Waals surface area (Å²) in [7, 11) is 3.51. The van der Waals surface area contributed by atoms with Crippen LogP contribution in [0.15, 0.2) is 33.8 Å². The topological polar surface area (TPSA) is 87.8 Å². The zero-order valence-corrected chi connectivity index (χ0v) is 16.9. The second-order valence-corrected chi connectivity index (χ2v) is 6.87. The summed E-state index contributed by atoms with van der Waals surface area (Å²) in [6.07, 6.45) is 3.13. The number of nitrogens with one attached hydrogen (secondary N) is 2. The smallest absolute Gasteiger partial charge is 0.228 e. The number of aliphatic imine (C=N–C) groups is 1. The van der Waals surface area contributed by atoms with Gasteiger partial charge in [0.05, 0.1) is 13.2 Å². The van der Waals surface area contributed by atoms with E-state index in [1.54, 1.807) is 14.2 Å². The number of para-hydroxylation sites is 1. The standard InChI is InChI=1S/C20H30N6O2/c1-15-24-19(28-25-15)10-11-22-20(21-2)23-14-17(26-12-6-7-13-26)16-8-4-5-9-18(16)27-3/h4-5,8-9,17H,6-7,10-14H2,1-3H3,(H2,21,22,23). The number of guanidine groups is 1. The first-order valence-corrected chi connectivity index (χ1v) is 9.82. The predicted molar refractivity (Wildman–Crippen MR) is 109 cm³/mol. The molecule has 8 nitrogen and oxygen atoms in total. The first kappa shape index (κ1) is 20.1. The lowest BCUT2D eigenvalue weighted by Gasteiger charge is -2.30. The molecular weight excluding hydrogens is 356 g/mol. The monoisotopic (exact) mass is 386 g/mol. The Labute approximate surface area is 166 Å². The van der Waals surface area contributed by atoms with Crippen LogP contribution >= 0.6 is 0 Å². The van der Waals surface area contributed by atoms with Crippen molar-refractivity contribution in [2.45, 2.75) is 32.2 Å². The van der Waals surface area contributed by atoms with Crippen molar-refractivity contribution in [1.82, 2.24) is 25.7 Å². The van der Waals surface area contributed by atoms with Crippen LogP contribution < -0.4 is 15.4 Å². The fourth-order valence-corrected chi connectivity index (χ4v) is 3.57. The van der Waals surface area contributed by atoms with Gasteiger partial charge in [0.2, 0.25) is 5.89 Å². The normalized spacial score (nSPS) is 16.2. The Morgan fingerprint density at radius 1 is 1.29 bits per heavy atom. The van der Waals surface area contributed by atoms with E-state index in [2.05, 4.69) is 42.8 Å². The quantitative estimate of drug-likeness (QED) is 0.529. The Bertz CT molecular complexity index is 770. The molecular formula is C20H30N6O2. The molecule has 1 aromatic carbocycles. The summed E-state index contributed by atoms with van der Waals surface area (Å²) in [6.45, 7) is 5.45. The van der Waals surface area contributed by atoms with Gasteiger partial charge < -0.3 is 19.9 Å². The van der Waals surface area contributed by atoms with E-state index in [4.69, 9.17) is 9.26 Å². The molecule has 8 heteroatoms. The lowest BCUT2D eigenvalue weighted by molar-refractivity contribution is 0.239. The molecule has 0 bridgehead atoms. The highest BCUT2D eigenvalue weighted by Gasteiger charge is 2.26. The van der Waals surface area contributed by atoms with Gasteiger partial charge in [0.25, 0.3) is 0 Å². The van der Waals surface area contributed by atoms with E-state index in [0.717, 1.165) is 31.3 Å². The molecule has 0 spiro atoms. The predicted octanol–water partition coefficient (Wildman–Crippen LogP) is 1.93. The molecule has 1 saturated heterocycles. The van der Waals surface area contributed by atoms with Crippen LogP contribution in [0.3, 0.4) is 0 Å². The molecule has 1 unspecified atom stereocenters. The van der Waals surface area contributed by atoms with Gasteiger partial charge in [-0.25, -0.2) is 0 Å². The molecule has 0 radical (unpaired) electrons. The first-order chi connectivity index (χ1) is 13.7. The van der Waals surface area contributed by atoms with E-state index in [-0.39, 0.29) is 6.04 Å². The number of benzene rings is 1. The average molecular weight is 387 g/mol. The number of aryl methyl sites for hydroxylation is 1. The number of likely N-dealkylation sites (tertiary alicyclic amines) is 1. The van der Waals surface area contributed by atoms with Crippen LogP contribution in [0, 0.1) is 6.92 Å². The molecule has 0 amide bonds. The van der Waals surface area contributed by atoms with Gasteiger partial charge in [0.15, 0.2) is 11.8 Å². The molecule has 1 aliphatic rings. The number of rotatable bonds is 8. The van der Waals surface area contributed by atoms with Crippen LogP contribution in [0.25, 0.3) is 0 Å². The van der Waals surface area contributed by atoms with Gasteiger partial charge in [-0.3, -0.25) is 9.89 Å². The summed E-state index contributed by atoms with van der Waals surface area (Å²) < 4.78 is 10.8. The van der Waals surface area contributed by atoms with Crippen molar-refractivity contribution in [2.75, 3.05) is 40.3 Å². The largest absolute Gasteiger partial charge is 0.496 e. The zero-order chi connectivity index (χ0) is 19.8. The van der Waals surface area contributed by atoms with E-state index in [1.807, 2.05) is 19.1 Å². The Morgan fingerprint density at radius 2 is 2.07 bits per heavy atom. The number of aromatic nitrogens is 2. The third-order valence-electron chi connectivity index (χ3n) is 4.97. The highest BCUT2D eigenvalue weighted by atomic mass is 16.5. The second-order valence-electron chi connectivity index (χ2n) is 6.87. The maximum Gasteiger partial charge on any atom is 0.228 e. The minimum atomic E-state index is 0.232. The third kappa shape index (κ3) is 5.22. The van der Waals surface area contributed by atoms with Crippen molar-refractivity contribution in [1.29, 1.82) is 0 Å². The number of ether oxygens (including phenoxy) is 1. The van der Waals surface area contributed by atoms with E-state index in [9.17, 15) is 0 Å². The van der Waals surface area contributed by atoms with Crippen LogP contribution in [0.2, 0.25) is 0 Å². The summed E-state index contributed by atoms with van der Waals surface area (Å²) in [5, 5.41) is 10.6. The second kappa shape index (κ2) is 10.1. The molecule has 1 aromatic heterocycles. The highest BCUT2D eigenvalue weighted by molar-refractivity contribution is 5.79. The van der Waals surface area contributed by atoms with Crippen LogP contribution in [0.4, 0.5) is 0 Å². The molecule has 1 fully saturated rings.